The fraction of sp³-hybridized carbons (Fsp3) is 0.286. The van der Waals surface area contributed by atoms with Crippen molar-refractivity contribution in [1.29, 1.82) is 0 Å². The van der Waals surface area contributed by atoms with Crippen LogP contribution in [0, 0.1) is 6.92 Å². The summed E-state index contributed by atoms with van der Waals surface area (Å²) in [4.78, 5) is 0.194. The second kappa shape index (κ2) is 5.79. The Kier molecular flexibility index (Phi) is 4.24. The van der Waals surface area contributed by atoms with Crippen molar-refractivity contribution >= 4 is 21.4 Å². The van der Waals surface area contributed by atoms with Gasteiger partial charge in [0, 0.05) is 14.1 Å². The number of nitrogens with two attached hydrogens (primary N) is 1. The molecule has 0 aliphatic heterocycles. The molecule has 21 heavy (non-hydrogen) atoms. The molecular weight excluding hydrogens is 290 g/mol. The average molecular weight is 309 g/mol. The van der Waals surface area contributed by atoms with Gasteiger partial charge < -0.3 is 15.5 Å². The third-order valence-electron chi connectivity index (χ3n) is 3.05. The van der Waals surface area contributed by atoms with Crippen LogP contribution in [0.4, 0.5) is 11.4 Å². The number of anilines is 2. The van der Waals surface area contributed by atoms with Gasteiger partial charge in [-0.25, -0.2) is 12.7 Å². The molecule has 0 saturated heterocycles. The number of sulfonamides is 1. The van der Waals surface area contributed by atoms with Gasteiger partial charge in [0.15, 0.2) is 0 Å². The lowest BCUT2D eigenvalue weighted by molar-refractivity contribution is 0.490. The van der Waals surface area contributed by atoms with Crippen LogP contribution in [0.15, 0.2) is 39.6 Å². The van der Waals surface area contributed by atoms with Crippen molar-refractivity contribution in [2.45, 2.75) is 18.4 Å². The summed E-state index contributed by atoms with van der Waals surface area (Å²) in [7, 11) is -0.500. The van der Waals surface area contributed by atoms with E-state index in [1.54, 1.807) is 6.07 Å². The molecular formula is C14H19N3O3S. The molecule has 3 N–H and O–H groups in total. The summed E-state index contributed by atoms with van der Waals surface area (Å²) >= 11 is 0. The van der Waals surface area contributed by atoms with Crippen LogP contribution in [0.2, 0.25) is 0 Å². The average Bonchev–Trinajstić information content (AvgIpc) is 2.83. The van der Waals surface area contributed by atoms with Crippen LogP contribution in [0.3, 0.4) is 0 Å². The number of hydrogen-bond acceptors (Lipinski definition) is 5. The van der Waals surface area contributed by atoms with Gasteiger partial charge >= 0.3 is 0 Å². The smallest absolute Gasteiger partial charge is 0.242 e. The van der Waals surface area contributed by atoms with Crippen molar-refractivity contribution in [2.75, 3.05) is 25.1 Å². The normalized spacial score (nSPS) is 11.8. The minimum absolute atomic E-state index is 0.194. The molecule has 0 bridgehead atoms. The maximum Gasteiger partial charge on any atom is 0.242 e. The first kappa shape index (κ1) is 15.4. The predicted molar refractivity (Wildman–Crippen MR) is 82.5 cm³/mol. The Morgan fingerprint density at radius 3 is 2.52 bits per heavy atom. The maximum absolute atomic E-state index is 12.1. The summed E-state index contributed by atoms with van der Waals surface area (Å²) < 4.78 is 30.8. The maximum atomic E-state index is 12.1. The second-order valence-corrected chi connectivity index (χ2v) is 7.05. The Hall–Kier alpha value is -1.99. The molecule has 1 aromatic carbocycles. The second-order valence-electron chi connectivity index (χ2n) is 4.90. The Morgan fingerprint density at radius 1 is 1.24 bits per heavy atom. The number of furan rings is 1. The fourth-order valence-electron chi connectivity index (χ4n) is 1.82. The van der Waals surface area contributed by atoms with Gasteiger partial charge in [-0.15, -0.1) is 0 Å². The molecule has 0 aliphatic carbocycles. The third kappa shape index (κ3) is 3.37. The summed E-state index contributed by atoms with van der Waals surface area (Å²) in [6.45, 7) is 2.30. The molecule has 0 fully saturated rings. The first-order chi connectivity index (χ1) is 9.80. The van der Waals surface area contributed by atoms with Crippen LogP contribution in [-0.4, -0.2) is 26.8 Å². The van der Waals surface area contributed by atoms with Crippen LogP contribution < -0.4 is 11.1 Å². The van der Waals surface area contributed by atoms with Gasteiger partial charge in [-0.1, -0.05) is 0 Å². The van der Waals surface area contributed by atoms with Crippen molar-refractivity contribution in [2.24, 2.45) is 0 Å². The number of hydrogen-bond donors (Lipinski definition) is 2. The number of nitrogens with one attached hydrogen (secondary N) is 1. The van der Waals surface area contributed by atoms with E-state index in [-0.39, 0.29) is 4.90 Å². The van der Waals surface area contributed by atoms with Crippen LogP contribution in [0.5, 0.6) is 0 Å². The first-order valence-corrected chi connectivity index (χ1v) is 7.86. The minimum Gasteiger partial charge on any atom is -0.465 e. The van der Waals surface area contributed by atoms with E-state index < -0.39 is 10.0 Å². The number of nitrogen functional groups attached to an aromatic ring is 1. The Morgan fingerprint density at radius 2 is 1.95 bits per heavy atom. The van der Waals surface area contributed by atoms with Gasteiger partial charge in [0.05, 0.1) is 22.8 Å². The van der Waals surface area contributed by atoms with Crippen molar-refractivity contribution in [1.82, 2.24) is 4.31 Å². The standard InChI is InChI=1S/C14H19N3O3S/c1-10-4-5-11(20-10)9-16-14-8-12(6-7-13(14)15)21(18,19)17(2)3/h4-8,16H,9,15H2,1-3H3. The largest absolute Gasteiger partial charge is 0.465 e. The van der Waals surface area contributed by atoms with Crippen LogP contribution in [0.25, 0.3) is 0 Å². The van der Waals surface area contributed by atoms with Crippen molar-refractivity contribution in [3.8, 4) is 0 Å². The van der Waals surface area contributed by atoms with Crippen LogP contribution >= 0.6 is 0 Å². The molecule has 1 aromatic heterocycles. The van der Waals surface area contributed by atoms with E-state index in [9.17, 15) is 8.42 Å². The Labute approximate surface area is 124 Å². The zero-order valence-corrected chi connectivity index (χ0v) is 13.1. The van der Waals surface area contributed by atoms with Gasteiger partial charge in [0.2, 0.25) is 10.0 Å². The topological polar surface area (TPSA) is 88.6 Å². The van der Waals surface area contributed by atoms with Gasteiger partial charge in [0.1, 0.15) is 11.5 Å². The molecule has 6 nitrogen and oxygen atoms in total. The molecule has 0 unspecified atom stereocenters. The minimum atomic E-state index is -3.48. The number of benzene rings is 1. The monoisotopic (exact) mass is 309 g/mol. The molecule has 0 atom stereocenters. The van der Waals surface area contributed by atoms with Gasteiger partial charge in [-0.2, -0.15) is 0 Å². The highest BCUT2D eigenvalue weighted by molar-refractivity contribution is 7.89. The van der Waals surface area contributed by atoms with Crippen molar-refractivity contribution < 1.29 is 12.8 Å². The van der Waals surface area contributed by atoms with Crippen molar-refractivity contribution in [3.05, 3.63) is 41.9 Å². The predicted octanol–water partition coefficient (Wildman–Crippen LogP) is 2.03. The first-order valence-electron chi connectivity index (χ1n) is 6.42. The molecule has 2 rings (SSSR count). The molecule has 2 aromatic rings. The number of rotatable bonds is 5. The molecule has 0 spiro atoms. The van der Waals surface area contributed by atoms with Gasteiger partial charge in [-0.05, 0) is 37.3 Å². The highest BCUT2D eigenvalue weighted by atomic mass is 32.2. The lowest BCUT2D eigenvalue weighted by Crippen LogP contribution is -2.22. The number of aryl methyl sites for hydroxylation is 1. The molecule has 1 heterocycles. The highest BCUT2D eigenvalue weighted by Gasteiger charge is 2.18. The molecule has 0 amide bonds. The van der Waals surface area contributed by atoms with Crippen molar-refractivity contribution in [3.63, 3.8) is 0 Å². The molecule has 0 aliphatic rings. The van der Waals surface area contributed by atoms with E-state index in [0.29, 0.717) is 17.9 Å². The van der Waals surface area contributed by atoms with E-state index >= 15 is 0 Å². The van der Waals surface area contributed by atoms with Gasteiger partial charge in [-0.3, -0.25) is 0 Å². The summed E-state index contributed by atoms with van der Waals surface area (Å²) in [5.74, 6) is 1.58. The summed E-state index contributed by atoms with van der Waals surface area (Å²) in [6.07, 6.45) is 0. The summed E-state index contributed by atoms with van der Waals surface area (Å²) in [5.41, 5.74) is 6.92. The fourth-order valence-corrected chi connectivity index (χ4v) is 2.75. The van der Waals surface area contributed by atoms with E-state index in [0.717, 1.165) is 15.8 Å². The van der Waals surface area contributed by atoms with Gasteiger partial charge in [0.25, 0.3) is 0 Å². The molecule has 114 valence electrons. The molecule has 7 heteroatoms. The molecule has 0 saturated carbocycles. The lowest BCUT2D eigenvalue weighted by atomic mass is 10.2. The van der Waals surface area contributed by atoms with Crippen LogP contribution in [-0.2, 0) is 16.6 Å². The zero-order valence-electron chi connectivity index (χ0n) is 12.3. The quantitative estimate of drug-likeness (QED) is 0.825. The Balaban J connectivity index is 2.24. The lowest BCUT2D eigenvalue weighted by Gasteiger charge is -2.14. The Bertz CT molecular complexity index is 736. The van der Waals surface area contributed by atoms with E-state index in [4.69, 9.17) is 10.2 Å². The summed E-state index contributed by atoms with van der Waals surface area (Å²) in [6, 6.07) is 8.33. The van der Waals surface area contributed by atoms with Crippen LogP contribution in [0.1, 0.15) is 11.5 Å². The van der Waals surface area contributed by atoms with E-state index in [1.165, 1.54) is 26.2 Å². The highest BCUT2D eigenvalue weighted by Crippen LogP contribution is 2.25. The third-order valence-corrected chi connectivity index (χ3v) is 4.86. The summed E-state index contributed by atoms with van der Waals surface area (Å²) in [5, 5.41) is 3.09. The number of nitrogens with zero attached hydrogens (tertiary/aromatic N) is 1. The van der Waals surface area contributed by atoms with E-state index in [2.05, 4.69) is 5.32 Å². The van der Waals surface area contributed by atoms with E-state index in [1.807, 2.05) is 19.1 Å². The SMILES string of the molecule is Cc1ccc(CNc2cc(S(=O)(=O)N(C)C)ccc2N)o1. The zero-order chi connectivity index (χ0) is 15.6. The molecule has 0 radical (unpaired) electrons.